The Morgan fingerprint density at radius 3 is 2.38 bits per heavy atom. The molecule has 0 saturated carbocycles. The molecule has 0 bridgehead atoms. The van der Waals surface area contributed by atoms with Crippen molar-refractivity contribution in [2.45, 2.75) is 19.6 Å². The second-order valence-corrected chi connectivity index (χ2v) is 6.83. The topological polar surface area (TPSA) is 30.5 Å². The molecule has 0 aliphatic carbocycles. The minimum absolute atomic E-state index is 0. The molecule has 3 aromatic rings. The van der Waals surface area contributed by atoms with Crippen molar-refractivity contribution in [2.75, 3.05) is 13.7 Å². The molecule has 3 rings (SSSR count). The van der Waals surface area contributed by atoms with Crippen LogP contribution in [0.2, 0.25) is 5.02 Å². The highest BCUT2D eigenvalue weighted by Gasteiger charge is 2.07. The van der Waals surface area contributed by atoms with Crippen molar-refractivity contribution in [3.05, 3.63) is 94.3 Å². The van der Waals surface area contributed by atoms with Crippen LogP contribution in [0.15, 0.2) is 66.7 Å². The molecule has 0 atom stereocenters. The van der Waals surface area contributed by atoms with Crippen molar-refractivity contribution in [1.29, 1.82) is 0 Å². The fraction of sp³-hybridized carbons (Fsp3) is 0.217. The fourth-order valence-corrected chi connectivity index (χ4v) is 3.02. The molecular formula is C23H24Cl2FNO2. The Morgan fingerprint density at radius 1 is 0.931 bits per heavy atom. The average molecular weight is 436 g/mol. The number of rotatable bonds is 9. The van der Waals surface area contributed by atoms with Crippen molar-refractivity contribution >= 4 is 24.0 Å². The van der Waals surface area contributed by atoms with Gasteiger partial charge in [0, 0.05) is 17.1 Å². The quantitative estimate of drug-likeness (QED) is 0.429. The zero-order valence-electron chi connectivity index (χ0n) is 16.2. The van der Waals surface area contributed by atoms with Gasteiger partial charge in [-0.05, 0) is 54.4 Å². The van der Waals surface area contributed by atoms with Gasteiger partial charge in [-0.2, -0.15) is 0 Å². The molecule has 0 aromatic heterocycles. The van der Waals surface area contributed by atoms with Crippen LogP contribution < -0.4 is 14.8 Å². The number of ether oxygens (including phenoxy) is 2. The van der Waals surface area contributed by atoms with Crippen LogP contribution in [-0.4, -0.2) is 13.7 Å². The molecule has 154 valence electrons. The Bertz CT molecular complexity index is 904. The minimum Gasteiger partial charge on any atom is -0.493 e. The van der Waals surface area contributed by atoms with Gasteiger partial charge in [0.2, 0.25) is 0 Å². The molecule has 29 heavy (non-hydrogen) atoms. The number of hydrogen-bond donors (Lipinski definition) is 1. The third-order valence-electron chi connectivity index (χ3n) is 4.40. The monoisotopic (exact) mass is 435 g/mol. The van der Waals surface area contributed by atoms with Gasteiger partial charge >= 0.3 is 0 Å². The summed E-state index contributed by atoms with van der Waals surface area (Å²) in [5.74, 6) is 1.16. The summed E-state index contributed by atoms with van der Waals surface area (Å²) in [6.07, 6.45) is 0.844. The van der Waals surface area contributed by atoms with Gasteiger partial charge in [-0.1, -0.05) is 48.0 Å². The standard InChI is InChI=1S/C23H23ClFNO2.ClH/c1-27-23-14-18(15-26-13-12-17-6-9-20(25)10-7-17)8-11-22(23)28-16-19-4-2-3-5-21(19)24;/h2-11,14,26H,12-13,15-16H2,1H3;1H. The SMILES string of the molecule is COc1cc(CNCCc2ccc(F)cc2)ccc1OCc1ccccc1Cl.Cl. The van der Waals surface area contributed by atoms with E-state index < -0.39 is 0 Å². The molecule has 6 heteroatoms. The molecule has 0 spiro atoms. The number of halogens is 3. The molecule has 0 amide bonds. The maximum absolute atomic E-state index is 12.9. The van der Waals surface area contributed by atoms with Gasteiger partial charge in [0.15, 0.2) is 11.5 Å². The zero-order chi connectivity index (χ0) is 19.8. The van der Waals surface area contributed by atoms with Crippen LogP contribution in [0.4, 0.5) is 4.39 Å². The lowest BCUT2D eigenvalue weighted by atomic mass is 10.1. The first kappa shape index (κ1) is 23.0. The minimum atomic E-state index is -0.208. The Hall–Kier alpha value is -2.27. The van der Waals surface area contributed by atoms with Crippen LogP contribution in [0.25, 0.3) is 0 Å². The van der Waals surface area contributed by atoms with E-state index in [9.17, 15) is 4.39 Å². The molecule has 3 nitrogen and oxygen atoms in total. The number of benzene rings is 3. The van der Waals surface area contributed by atoms with Crippen molar-refractivity contribution < 1.29 is 13.9 Å². The largest absolute Gasteiger partial charge is 0.493 e. The van der Waals surface area contributed by atoms with E-state index in [1.165, 1.54) is 12.1 Å². The normalized spacial score (nSPS) is 10.3. The molecular weight excluding hydrogens is 412 g/mol. The Balaban J connectivity index is 0.00000300. The third kappa shape index (κ3) is 6.93. The molecule has 0 radical (unpaired) electrons. The summed E-state index contributed by atoms with van der Waals surface area (Å²) in [4.78, 5) is 0. The maximum atomic E-state index is 12.9. The van der Waals surface area contributed by atoms with Gasteiger partial charge in [-0.25, -0.2) is 4.39 Å². The van der Waals surface area contributed by atoms with Gasteiger partial charge < -0.3 is 14.8 Å². The van der Waals surface area contributed by atoms with Crippen molar-refractivity contribution in [1.82, 2.24) is 5.32 Å². The van der Waals surface area contributed by atoms with E-state index >= 15 is 0 Å². The summed E-state index contributed by atoms with van der Waals surface area (Å²) in [6, 6.07) is 20.1. The van der Waals surface area contributed by atoms with E-state index in [0.29, 0.717) is 29.7 Å². The molecule has 0 heterocycles. The maximum Gasteiger partial charge on any atom is 0.161 e. The predicted octanol–water partition coefficient (Wildman–Crippen LogP) is 5.82. The molecule has 3 aromatic carbocycles. The highest BCUT2D eigenvalue weighted by Crippen LogP contribution is 2.29. The Morgan fingerprint density at radius 2 is 1.66 bits per heavy atom. The Labute approximate surface area is 182 Å². The van der Waals surface area contributed by atoms with Gasteiger partial charge in [0.05, 0.1) is 7.11 Å². The lowest BCUT2D eigenvalue weighted by molar-refractivity contribution is 0.284. The highest BCUT2D eigenvalue weighted by molar-refractivity contribution is 6.31. The van der Waals surface area contributed by atoms with Crippen LogP contribution in [0.3, 0.4) is 0 Å². The smallest absolute Gasteiger partial charge is 0.161 e. The predicted molar refractivity (Wildman–Crippen MR) is 118 cm³/mol. The highest BCUT2D eigenvalue weighted by atomic mass is 35.5. The van der Waals surface area contributed by atoms with E-state index in [1.807, 2.05) is 54.6 Å². The molecule has 0 unspecified atom stereocenters. The van der Waals surface area contributed by atoms with Crippen molar-refractivity contribution in [3.63, 3.8) is 0 Å². The first-order valence-corrected chi connectivity index (χ1v) is 9.52. The molecule has 0 fully saturated rings. The molecule has 0 aliphatic heterocycles. The van der Waals surface area contributed by atoms with E-state index in [1.54, 1.807) is 7.11 Å². The molecule has 1 N–H and O–H groups in total. The van der Waals surface area contributed by atoms with E-state index in [2.05, 4.69) is 5.32 Å². The van der Waals surface area contributed by atoms with Crippen LogP contribution in [0.5, 0.6) is 11.5 Å². The van der Waals surface area contributed by atoms with E-state index in [-0.39, 0.29) is 18.2 Å². The van der Waals surface area contributed by atoms with Gasteiger partial charge in [0.1, 0.15) is 12.4 Å². The summed E-state index contributed by atoms with van der Waals surface area (Å²) in [7, 11) is 1.63. The molecule has 0 saturated heterocycles. The van der Waals surface area contributed by atoms with E-state index in [0.717, 1.165) is 29.7 Å². The Kier molecular flexibility index (Phi) is 9.26. The number of nitrogens with one attached hydrogen (secondary N) is 1. The van der Waals surface area contributed by atoms with Crippen LogP contribution in [0, 0.1) is 5.82 Å². The van der Waals surface area contributed by atoms with Gasteiger partial charge in [-0.15, -0.1) is 12.4 Å². The lowest BCUT2D eigenvalue weighted by Crippen LogP contribution is -2.16. The summed E-state index contributed by atoms with van der Waals surface area (Å²) in [5.41, 5.74) is 3.13. The number of methoxy groups -OCH3 is 1. The summed E-state index contributed by atoms with van der Waals surface area (Å²) >= 11 is 6.17. The second-order valence-electron chi connectivity index (χ2n) is 6.42. The van der Waals surface area contributed by atoms with Crippen LogP contribution in [-0.2, 0) is 19.6 Å². The number of hydrogen-bond acceptors (Lipinski definition) is 3. The zero-order valence-corrected chi connectivity index (χ0v) is 17.7. The molecule has 0 aliphatic rings. The second kappa shape index (κ2) is 11.7. The van der Waals surface area contributed by atoms with Crippen molar-refractivity contribution in [2.24, 2.45) is 0 Å². The average Bonchev–Trinajstić information content (AvgIpc) is 2.72. The first-order chi connectivity index (χ1) is 13.7. The lowest BCUT2D eigenvalue weighted by Gasteiger charge is -2.13. The van der Waals surface area contributed by atoms with E-state index in [4.69, 9.17) is 21.1 Å². The van der Waals surface area contributed by atoms with Crippen molar-refractivity contribution in [3.8, 4) is 11.5 Å². The summed E-state index contributed by atoms with van der Waals surface area (Å²) < 4.78 is 24.3. The fourth-order valence-electron chi connectivity index (χ4n) is 2.83. The third-order valence-corrected chi connectivity index (χ3v) is 4.77. The summed E-state index contributed by atoms with van der Waals surface area (Å²) in [6.45, 7) is 1.90. The van der Waals surface area contributed by atoms with Crippen LogP contribution >= 0.6 is 24.0 Å². The summed E-state index contributed by atoms with van der Waals surface area (Å²) in [5, 5.41) is 4.08. The van der Waals surface area contributed by atoms with Gasteiger partial charge in [-0.3, -0.25) is 0 Å². The first-order valence-electron chi connectivity index (χ1n) is 9.14. The van der Waals surface area contributed by atoms with Crippen LogP contribution in [0.1, 0.15) is 16.7 Å². The van der Waals surface area contributed by atoms with Gasteiger partial charge in [0.25, 0.3) is 0 Å².